The van der Waals surface area contributed by atoms with Crippen LogP contribution in [0.25, 0.3) is 11.5 Å². The molecule has 1 N–H and O–H groups in total. The number of sulfonamides is 1. The summed E-state index contributed by atoms with van der Waals surface area (Å²) in [4.78, 5) is 4.39. The van der Waals surface area contributed by atoms with Crippen LogP contribution in [0.5, 0.6) is 0 Å². The van der Waals surface area contributed by atoms with E-state index >= 15 is 0 Å². The third-order valence-corrected chi connectivity index (χ3v) is 4.84. The Hall–Kier alpha value is -2.67. The van der Waals surface area contributed by atoms with E-state index in [4.69, 9.17) is 4.52 Å². The van der Waals surface area contributed by atoms with E-state index in [1.165, 1.54) is 0 Å². The van der Waals surface area contributed by atoms with Gasteiger partial charge in [0.2, 0.25) is 0 Å². The van der Waals surface area contributed by atoms with Crippen molar-refractivity contribution in [2.75, 3.05) is 4.72 Å². The van der Waals surface area contributed by atoms with Gasteiger partial charge in [-0.25, -0.2) is 8.42 Å². The van der Waals surface area contributed by atoms with Gasteiger partial charge in [0.1, 0.15) is 0 Å². The second-order valence-corrected chi connectivity index (χ2v) is 6.75. The van der Waals surface area contributed by atoms with E-state index in [1.54, 1.807) is 62.4 Å². The first kappa shape index (κ1) is 15.2. The highest BCUT2D eigenvalue weighted by molar-refractivity contribution is 7.92. The topological polar surface area (TPSA) is 85.1 Å². The predicted molar refractivity (Wildman–Crippen MR) is 86.5 cm³/mol. The van der Waals surface area contributed by atoms with Gasteiger partial charge in [0.15, 0.2) is 5.82 Å². The Morgan fingerprint density at radius 2 is 1.70 bits per heavy atom. The molecule has 0 aliphatic heterocycles. The Morgan fingerprint density at radius 1 is 1.00 bits per heavy atom. The summed E-state index contributed by atoms with van der Waals surface area (Å²) in [5.41, 5.74) is 1.88. The number of rotatable bonds is 4. The van der Waals surface area contributed by atoms with Crippen LogP contribution in [0.1, 0.15) is 11.4 Å². The Morgan fingerprint density at radius 3 is 2.30 bits per heavy atom. The minimum atomic E-state index is -3.62. The van der Waals surface area contributed by atoms with Crippen LogP contribution in [0.3, 0.4) is 0 Å². The van der Waals surface area contributed by atoms with Crippen LogP contribution in [-0.4, -0.2) is 18.6 Å². The van der Waals surface area contributed by atoms with Crippen molar-refractivity contribution in [1.82, 2.24) is 10.1 Å². The van der Waals surface area contributed by atoms with Crippen molar-refractivity contribution in [1.29, 1.82) is 0 Å². The molecule has 1 heterocycles. The van der Waals surface area contributed by atoms with Gasteiger partial charge >= 0.3 is 0 Å². The fourth-order valence-corrected chi connectivity index (χ4v) is 3.47. The average Bonchev–Trinajstić information content (AvgIpc) is 2.94. The standard InChI is InChI=1S/C16H15N3O3S/c1-11-5-3-4-6-15(11)23(20,21)19-14-9-7-13(8-10-14)16-17-12(2)18-22-16/h3-10,19H,1-2H3. The molecule has 0 saturated heterocycles. The second-order valence-electron chi connectivity index (χ2n) is 5.10. The van der Waals surface area contributed by atoms with Gasteiger partial charge in [0.25, 0.3) is 15.9 Å². The van der Waals surface area contributed by atoms with Crippen LogP contribution in [0, 0.1) is 13.8 Å². The fourth-order valence-electron chi connectivity index (χ4n) is 2.16. The summed E-state index contributed by atoms with van der Waals surface area (Å²) in [5, 5.41) is 3.73. The molecule has 0 aliphatic carbocycles. The molecule has 0 saturated carbocycles. The van der Waals surface area contributed by atoms with Gasteiger partial charge in [0.05, 0.1) is 4.90 Å². The van der Waals surface area contributed by atoms with E-state index < -0.39 is 10.0 Å². The number of nitrogens with one attached hydrogen (secondary N) is 1. The number of benzene rings is 2. The first-order valence-corrected chi connectivity index (χ1v) is 8.43. The van der Waals surface area contributed by atoms with Crippen LogP contribution >= 0.6 is 0 Å². The molecule has 2 aromatic carbocycles. The van der Waals surface area contributed by atoms with E-state index in [1.807, 2.05) is 0 Å². The summed E-state index contributed by atoms with van der Waals surface area (Å²) in [6, 6.07) is 13.6. The Balaban J connectivity index is 1.85. The van der Waals surface area contributed by atoms with Gasteiger partial charge in [-0.15, -0.1) is 0 Å². The van der Waals surface area contributed by atoms with Crippen molar-refractivity contribution in [3.8, 4) is 11.5 Å². The molecule has 0 bridgehead atoms. The SMILES string of the molecule is Cc1noc(-c2ccc(NS(=O)(=O)c3ccccc3C)cc2)n1. The Kier molecular flexibility index (Phi) is 3.87. The quantitative estimate of drug-likeness (QED) is 0.794. The van der Waals surface area contributed by atoms with Gasteiger partial charge in [-0.05, 0) is 49.7 Å². The summed E-state index contributed by atoms with van der Waals surface area (Å²) in [6.07, 6.45) is 0. The Labute approximate surface area is 134 Å². The van der Waals surface area contributed by atoms with E-state index in [2.05, 4.69) is 14.9 Å². The lowest BCUT2D eigenvalue weighted by atomic mass is 10.2. The average molecular weight is 329 g/mol. The van der Waals surface area contributed by atoms with Crippen LogP contribution < -0.4 is 4.72 Å². The summed E-state index contributed by atoms with van der Waals surface area (Å²) in [6.45, 7) is 3.49. The van der Waals surface area contributed by atoms with E-state index in [0.29, 0.717) is 23.0 Å². The van der Waals surface area contributed by atoms with Crippen molar-refractivity contribution in [2.24, 2.45) is 0 Å². The normalized spacial score (nSPS) is 11.4. The largest absolute Gasteiger partial charge is 0.334 e. The van der Waals surface area contributed by atoms with Crippen molar-refractivity contribution >= 4 is 15.7 Å². The lowest BCUT2D eigenvalue weighted by Gasteiger charge is -2.10. The maximum atomic E-state index is 12.4. The van der Waals surface area contributed by atoms with Gasteiger partial charge in [-0.1, -0.05) is 23.4 Å². The smallest absolute Gasteiger partial charge is 0.262 e. The zero-order valence-corrected chi connectivity index (χ0v) is 13.5. The number of aryl methyl sites for hydroxylation is 2. The molecule has 0 amide bonds. The number of anilines is 1. The third kappa shape index (κ3) is 3.24. The molecule has 3 aromatic rings. The predicted octanol–water partition coefficient (Wildman–Crippen LogP) is 3.15. The van der Waals surface area contributed by atoms with Crippen LogP contribution in [-0.2, 0) is 10.0 Å². The van der Waals surface area contributed by atoms with Crippen molar-refractivity contribution < 1.29 is 12.9 Å². The number of aromatic nitrogens is 2. The van der Waals surface area contributed by atoms with Crippen LogP contribution in [0.2, 0.25) is 0 Å². The fraction of sp³-hybridized carbons (Fsp3) is 0.125. The highest BCUT2D eigenvalue weighted by atomic mass is 32.2. The third-order valence-electron chi connectivity index (χ3n) is 3.29. The van der Waals surface area contributed by atoms with Gasteiger partial charge < -0.3 is 4.52 Å². The zero-order chi connectivity index (χ0) is 16.4. The number of hydrogen-bond acceptors (Lipinski definition) is 5. The summed E-state index contributed by atoms with van der Waals surface area (Å²) in [5.74, 6) is 0.945. The second kappa shape index (κ2) is 5.85. The molecule has 3 rings (SSSR count). The molecule has 6 nitrogen and oxygen atoms in total. The van der Waals surface area contributed by atoms with Gasteiger partial charge in [-0.3, -0.25) is 4.72 Å². The number of hydrogen-bond donors (Lipinski definition) is 1. The molecule has 0 unspecified atom stereocenters. The zero-order valence-electron chi connectivity index (χ0n) is 12.6. The molecular weight excluding hydrogens is 314 g/mol. The highest BCUT2D eigenvalue weighted by Gasteiger charge is 2.16. The monoisotopic (exact) mass is 329 g/mol. The molecule has 7 heteroatoms. The van der Waals surface area contributed by atoms with E-state index in [-0.39, 0.29) is 4.90 Å². The highest BCUT2D eigenvalue weighted by Crippen LogP contribution is 2.22. The molecule has 23 heavy (non-hydrogen) atoms. The summed E-state index contributed by atoms with van der Waals surface area (Å²) in [7, 11) is -3.62. The van der Waals surface area contributed by atoms with Crippen molar-refractivity contribution in [2.45, 2.75) is 18.7 Å². The minimum Gasteiger partial charge on any atom is -0.334 e. The van der Waals surface area contributed by atoms with E-state index in [0.717, 1.165) is 5.56 Å². The molecule has 0 radical (unpaired) electrons. The molecule has 0 atom stereocenters. The summed E-state index contributed by atoms with van der Waals surface area (Å²) < 4.78 is 32.5. The van der Waals surface area contributed by atoms with E-state index in [9.17, 15) is 8.42 Å². The van der Waals surface area contributed by atoms with Gasteiger partial charge in [-0.2, -0.15) is 4.98 Å². The molecule has 0 spiro atoms. The maximum absolute atomic E-state index is 12.4. The molecule has 118 valence electrons. The van der Waals surface area contributed by atoms with Crippen LogP contribution in [0.4, 0.5) is 5.69 Å². The van der Waals surface area contributed by atoms with Gasteiger partial charge in [0, 0.05) is 11.3 Å². The lowest BCUT2D eigenvalue weighted by molar-refractivity contribution is 0.425. The van der Waals surface area contributed by atoms with Crippen LogP contribution in [0.15, 0.2) is 57.9 Å². The first-order valence-electron chi connectivity index (χ1n) is 6.95. The van der Waals surface area contributed by atoms with Crippen molar-refractivity contribution in [3.05, 3.63) is 59.9 Å². The molecular formula is C16H15N3O3S. The lowest BCUT2D eigenvalue weighted by Crippen LogP contribution is -2.14. The minimum absolute atomic E-state index is 0.261. The molecule has 0 aliphatic rings. The Bertz CT molecular complexity index is 931. The maximum Gasteiger partial charge on any atom is 0.262 e. The summed E-state index contributed by atoms with van der Waals surface area (Å²) >= 11 is 0. The van der Waals surface area contributed by atoms with Crippen molar-refractivity contribution in [3.63, 3.8) is 0 Å². The molecule has 1 aromatic heterocycles. The molecule has 0 fully saturated rings. The first-order chi connectivity index (χ1) is 11.0. The number of nitrogens with zero attached hydrogens (tertiary/aromatic N) is 2.